The van der Waals surface area contributed by atoms with Crippen LogP contribution in [0, 0.1) is 5.92 Å². The Labute approximate surface area is 162 Å². The second-order valence-corrected chi connectivity index (χ2v) is 7.23. The van der Waals surface area contributed by atoms with E-state index in [9.17, 15) is 4.79 Å². The Hall–Kier alpha value is -0.560. The zero-order chi connectivity index (χ0) is 18.9. The van der Waals surface area contributed by atoms with E-state index in [1.165, 1.54) is 0 Å². The van der Waals surface area contributed by atoms with Crippen molar-refractivity contribution in [2.45, 2.75) is 44.8 Å². The van der Waals surface area contributed by atoms with Gasteiger partial charge < -0.3 is 18.3 Å². The van der Waals surface area contributed by atoms with Crippen molar-refractivity contribution in [1.82, 2.24) is 0 Å². The Kier molecular flexibility index (Phi) is 9.46. The fourth-order valence-electron chi connectivity index (χ4n) is 3.07. The predicted octanol–water partition coefficient (Wildman–Crippen LogP) is 4.28. The largest absolute Gasteiger partial charge is 0.479 e. The van der Waals surface area contributed by atoms with Gasteiger partial charge in [0.25, 0.3) is 0 Å². The molecule has 4 unspecified atom stereocenters. The summed E-state index contributed by atoms with van der Waals surface area (Å²) in [5, 5.41) is 0. The first-order chi connectivity index (χ1) is 12.6. The van der Waals surface area contributed by atoms with E-state index in [0.29, 0.717) is 43.1 Å². The molecule has 0 saturated heterocycles. The molecule has 0 bridgehead atoms. The Morgan fingerprint density at radius 3 is 2.73 bits per heavy atom. The number of fused-ring (bicyclic) bond motifs is 1. The number of allylic oxidation sites excluding steroid dienone is 2. The smallest absolute Gasteiger partial charge is 0.342 e. The van der Waals surface area contributed by atoms with Gasteiger partial charge in [-0.2, -0.15) is 0 Å². The first-order valence-corrected chi connectivity index (χ1v) is 10.0. The topological polar surface area (TPSA) is 54.0 Å². The van der Waals surface area contributed by atoms with Crippen LogP contribution in [-0.2, 0) is 20.2 Å². The Morgan fingerprint density at radius 2 is 2.04 bits per heavy atom. The minimum Gasteiger partial charge on any atom is -0.479 e. The molecule has 26 heavy (non-hydrogen) atoms. The lowest BCUT2D eigenvalue weighted by Crippen LogP contribution is -2.29. The van der Waals surface area contributed by atoms with Crippen LogP contribution in [0.1, 0.15) is 42.1 Å². The van der Waals surface area contributed by atoms with Crippen molar-refractivity contribution in [3.63, 3.8) is 0 Å². The van der Waals surface area contributed by atoms with Gasteiger partial charge in [0, 0.05) is 31.8 Å². The number of carbonyl (C=O) groups is 1. The van der Waals surface area contributed by atoms with Crippen LogP contribution in [-0.4, -0.2) is 24.8 Å². The van der Waals surface area contributed by atoms with Gasteiger partial charge in [0.15, 0.2) is 0 Å². The summed E-state index contributed by atoms with van der Waals surface area (Å²) in [5.74, 6) is 0.426. The summed E-state index contributed by atoms with van der Waals surface area (Å²) in [5.41, 5.74) is 1.36. The lowest BCUT2D eigenvalue weighted by atomic mass is 9.94. The number of carbonyl (C=O) groups excluding carboxylic acids is 1. The van der Waals surface area contributed by atoms with Gasteiger partial charge in [0.2, 0.25) is 0 Å². The number of cyclic esters (lactones) is 1. The lowest BCUT2D eigenvalue weighted by molar-refractivity contribution is 0.00815. The van der Waals surface area contributed by atoms with E-state index in [0.717, 1.165) is 12.0 Å². The van der Waals surface area contributed by atoms with Crippen molar-refractivity contribution in [3.05, 3.63) is 41.5 Å². The van der Waals surface area contributed by atoms with Crippen LogP contribution in [0.2, 0.25) is 0 Å². The number of benzene rings is 1. The highest BCUT2D eigenvalue weighted by molar-refractivity contribution is 7.10. The monoisotopic (exact) mass is 416 g/mol. The average molecular weight is 416 g/mol. The van der Waals surface area contributed by atoms with E-state index in [4.69, 9.17) is 18.3 Å². The van der Waals surface area contributed by atoms with Crippen molar-refractivity contribution in [1.29, 1.82) is 0 Å². The summed E-state index contributed by atoms with van der Waals surface area (Å²) in [4.78, 5) is 12.9. The standard InChI is InChI=1S/C18H27O5P3/c1-12-5-2-3-6-13-7-4-8-15(22-25)17(13)18(19)21-14(9-10-20-24)11-16(12)23-26/h2-4,7-8,12,14,16H,5-6,9-11,24-26H2,1H3/b3-2+/t12-,14?,16+/m0/s1. The molecule has 1 aliphatic heterocycles. The first kappa shape index (κ1) is 21.7. The van der Waals surface area contributed by atoms with Crippen molar-refractivity contribution in [2.75, 3.05) is 6.61 Å². The Morgan fingerprint density at radius 1 is 1.23 bits per heavy atom. The highest BCUT2D eigenvalue weighted by Gasteiger charge is 2.27. The molecular formula is C18H27O5P3. The van der Waals surface area contributed by atoms with E-state index in [2.05, 4.69) is 47.5 Å². The van der Waals surface area contributed by atoms with Gasteiger partial charge >= 0.3 is 5.97 Å². The second-order valence-electron chi connectivity index (χ2n) is 6.39. The third kappa shape index (κ3) is 5.98. The maximum absolute atomic E-state index is 12.9. The molecule has 0 aromatic heterocycles. The zero-order valence-corrected chi connectivity index (χ0v) is 18.4. The molecule has 6 atom stereocenters. The van der Waals surface area contributed by atoms with Gasteiger partial charge in [-0.05, 0) is 30.4 Å². The van der Waals surface area contributed by atoms with E-state index < -0.39 is 0 Å². The predicted molar refractivity (Wildman–Crippen MR) is 112 cm³/mol. The molecule has 0 aliphatic carbocycles. The normalized spacial score (nSPS) is 25.4. The fraction of sp³-hybridized carbons (Fsp3) is 0.500. The maximum Gasteiger partial charge on any atom is 0.342 e. The summed E-state index contributed by atoms with van der Waals surface area (Å²) in [7, 11) is 6.76. The molecule has 0 saturated carbocycles. The third-order valence-electron chi connectivity index (χ3n) is 4.59. The summed E-state index contributed by atoms with van der Waals surface area (Å²) >= 11 is 0. The van der Waals surface area contributed by atoms with Gasteiger partial charge in [-0.1, -0.05) is 31.2 Å². The minimum absolute atomic E-state index is 0.0286. The summed E-state index contributed by atoms with van der Waals surface area (Å²) in [6.07, 6.45) is 6.64. The molecule has 1 aromatic rings. The number of esters is 1. The SMILES string of the molecule is C[C@H]1C/C=C/Cc2cccc(OP)c2C(=O)OC(CCOP)C[C@H]1OP. The van der Waals surface area contributed by atoms with E-state index >= 15 is 0 Å². The van der Waals surface area contributed by atoms with Crippen molar-refractivity contribution in [2.24, 2.45) is 5.92 Å². The second kappa shape index (κ2) is 11.3. The zero-order valence-electron chi connectivity index (χ0n) is 14.9. The lowest BCUT2D eigenvalue weighted by Gasteiger charge is -2.27. The van der Waals surface area contributed by atoms with Crippen LogP contribution in [0.5, 0.6) is 5.75 Å². The van der Waals surface area contributed by atoms with Crippen LogP contribution >= 0.6 is 28.4 Å². The molecule has 2 rings (SSSR count). The highest BCUT2D eigenvalue weighted by atomic mass is 31.0. The number of ether oxygens (including phenoxy) is 1. The van der Waals surface area contributed by atoms with Crippen LogP contribution in [0.4, 0.5) is 0 Å². The highest BCUT2D eigenvalue weighted by Crippen LogP contribution is 2.29. The number of rotatable bonds is 5. The van der Waals surface area contributed by atoms with E-state index in [1.54, 1.807) is 6.07 Å². The van der Waals surface area contributed by atoms with Gasteiger partial charge in [0.05, 0.1) is 22.2 Å². The van der Waals surface area contributed by atoms with Gasteiger partial charge in [-0.25, -0.2) is 4.79 Å². The summed E-state index contributed by atoms with van der Waals surface area (Å²) < 4.78 is 21.9. The average Bonchev–Trinajstić information content (AvgIpc) is 2.65. The van der Waals surface area contributed by atoms with Gasteiger partial charge in [-0.15, -0.1) is 0 Å². The number of hydrogen-bond acceptors (Lipinski definition) is 5. The molecule has 144 valence electrons. The summed E-state index contributed by atoms with van der Waals surface area (Å²) in [6, 6.07) is 5.57. The Balaban J connectivity index is 2.37. The molecule has 0 fully saturated rings. The quantitative estimate of drug-likeness (QED) is 0.408. The van der Waals surface area contributed by atoms with Crippen molar-refractivity contribution < 1.29 is 23.1 Å². The van der Waals surface area contributed by atoms with E-state index in [1.807, 2.05) is 12.1 Å². The molecule has 1 aliphatic rings. The molecule has 0 radical (unpaired) electrons. The van der Waals surface area contributed by atoms with Gasteiger partial charge in [-0.3, -0.25) is 0 Å². The van der Waals surface area contributed by atoms with Crippen LogP contribution in [0.3, 0.4) is 0 Å². The van der Waals surface area contributed by atoms with Crippen LogP contribution in [0.15, 0.2) is 30.4 Å². The van der Waals surface area contributed by atoms with Gasteiger partial charge in [0.1, 0.15) is 17.4 Å². The van der Waals surface area contributed by atoms with E-state index in [-0.39, 0.29) is 18.2 Å². The van der Waals surface area contributed by atoms with Crippen molar-refractivity contribution >= 4 is 34.4 Å². The molecule has 0 N–H and O–H groups in total. The van der Waals surface area contributed by atoms with Crippen LogP contribution in [0.25, 0.3) is 0 Å². The van der Waals surface area contributed by atoms with Crippen molar-refractivity contribution in [3.8, 4) is 5.75 Å². The molecule has 1 aromatic carbocycles. The first-order valence-electron chi connectivity index (χ1n) is 8.62. The molecule has 0 amide bonds. The maximum atomic E-state index is 12.9. The number of hydrogen-bond donors (Lipinski definition) is 0. The molecule has 8 heteroatoms. The molecule has 5 nitrogen and oxygen atoms in total. The third-order valence-corrected chi connectivity index (χ3v) is 5.43. The molecule has 1 heterocycles. The fourth-order valence-corrected chi connectivity index (χ4v) is 3.78. The Bertz CT molecular complexity index is 623. The molecule has 0 spiro atoms. The minimum atomic E-state index is -0.379. The van der Waals surface area contributed by atoms with Crippen LogP contribution < -0.4 is 4.52 Å². The summed E-state index contributed by atoms with van der Waals surface area (Å²) in [6.45, 7) is 2.62. The molecular weight excluding hydrogens is 389 g/mol.